The van der Waals surface area contributed by atoms with Crippen LogP contribution in [-0.2, 0) is 5.38 Å². The molecule has 0 unspecified atom stereocenters. The van der Waals surface area contributed by atoms with E-state index >= 15 is 0 Å². The van der Waals surface area contributed by atoms with Gasteiger partial charge in [0.25, 0.3) is 5.56 Å². The van der Waals surface area contributed by atoms with E-state index in [0.29, 0.717) is 6.07 Å². The van der Waals surface area contributed by atoms with Gasteiger partial charge in [-0.25, -0.2) is 4.79 Å². The first-order chi connectivity index (χ1) is 7.21. The van der Waals surface area contributed by atoms with Gasteiger partial charge in [0.05, 0.1) is 5.02 Å². The number of carbonyl (C=O) groups is 1. The molecule has 0 amide bonds. The topological polar surface area (TPSA) is 79.4 Å². The molecule has 0 aliphatic heterocycles. The molecule has 0 spiro atoms. The normalized spacial score (nSPS) is 11.2. The van der Waals surface area contributed by atoms with E-state index in [0.717, 1.165) is 0 Å². The maximum Gasteiger partial charge on any atom is 0.511 e. The molecule has 9 heteroatoms. The molecule has 88 valence electrons. The molecule has 0 aliphatic carbocycles. The monoisotopic (exact) mass is 273 g/mol. The first-order valence-corrected chi connectivity index (χ1v) is 4.38. The Bertz CT molecular complexity index is 482. The molecule has 0 aliphatic rings. The Morgan fingerprint density at radius 3 is 2.56 bits per heavy atom. The Balaban J connectivity index is 3.28. The van der Waals surface area contributed by atoms with Gasteiger partial charge in [0, 0.05) is 6.07 Å². The Hall–Kier alpha value is -1.34. The van der Waals surface area contributed by atoms with Gasteiger partial charge in [-0.05, 0) is 11.6 Å². The molecule has 0 bridgehead atoms. The zero-order valence-corrected chi connectivity index (χ0v) is 8.77. The zero-order valence-electron chi connectivity index (χ0n) is 7.26. The zero-order chi connectivity index (χ0) is 12.5. The fraction of sp³-hybridized carbons (Fsp3) is 0.143. The minimum Gasteiger partial charge on any atom is -0.449 e. The standard InChI is InChI=1S/C7H3Cl2F2NO4/c8-2-1-3(16-6(14)15)5(13)12-4(2)7(9,10)11/h1H,(H,12,13)(H,14,15). The molecular weight excluding hydrogens is 271 g/mol. The largest absolute Gasteiger partial charge is 0.511 e. The third kappa shape index (κ3) is 2.83. The van der Waals surface area contributed by atoms with Crippen LogP contribution in [0, 0.1) is 0 Å². The summed E-state index contributed by atoms with van der Waals surface area (Å²) in [5.41, 5.74) is -2.21. The van der Waals surface area contributed by atoms with Crippen LogP contribution in [0.2, 0.25) is 5.02 Å². The minimum atomic E-state index is -3.86. The van der Waals surface area contributed by atoms with Crippen LogP contribution in [0.1, 0.15) is 5.69 Å². The molecule has 1 aromatic heterocycles. The van der Waals surface area contributed by atoms with E-state index in [1.165, 1.54) is 0 Å². The van der Waals surface area contributed by atoms with Gasteiger partial charge in [0.2, 0.25) is 5.75 Å². The quantitative estimate of drug-likeness (QED) is 0.641. The average Bonchev–Trinajstić information content (AvgIpc) is 2.07. The van der Waals surface area contributed by atoms with E-state index in [2.05, 4.69) is 16.3 Å². The summed E-state index contributed by atoms with van der Waals surface area (Å²) in [7, 11) is 0. The van der Waals surface area contributed by atoms with E-state index in [1.54, 1.807) is 4.98 Å². The smallest absolute Gasteiger partial charge is 0.449 e. The predicted octanol–water partition coefficient (Wildman–Crippen LogP) is 2.37. The lowest BCUT2D eigenvalue weighted by Gasteiger charge is -2.10. The number of nitrogens with one attached hydrogen (secondary N) is 1. The van der Waals surface area contributed by atoms with Crippen LogP contribution in [0.25, 0.3) is 0 Å². The van der Waals surface area contributed by atoms with Gasteiger partial charge < -0.3 is 14.8 Å². The number of hydrogen-bond acceptors (Lipinski definition) is 3. The van der Waals surface area contributed by atoms with E-state index in [4.69, 9.17) is 16.7 Å². The molecule has 0 saturated heterocycles. The van der Waals surface area contributed by atoms with Crippen molar-refractivity contribution >= 4 is 29.4 Å². The lowest BCUT2D eigenvalue weighted by molar-refractivity contribution is 0.0897. The van der Waals surface area contributed by atoms with Crippen LogP contribution in [0.3, 0.4) is 0 Å². The molecule has 1 aromatic rings. The number of H-pyrrole nitrogens is 1. The van der Waals surface area contributed by atoms with Crippen LogP contribution in [-0.4, -0.2) is 16.2 Å². The number of aromatic nitrogens is 1. The Morgan fingerprint density at radius 1 is 1.56 bits per heavy atom. The Morgan fingerprint density at radius 2 is 2.12 bits per heavy atom. The van der Waals surface area contributed by atoms with Crippen LogP contribution in [0.5, 0.6) is 5.75 Å². The number of ether oxygens (including phenoxy) is 1. The maximum absolute atomic E-state index is 12.6. The summed E-state index contributed by atoms with van der Waals surface area (Å²) in [5.74, 6) is -0.720. The Kier molecular flexibility index (Phi) is 3.39. The van der Waals surface area contributed by atoms with Crippen molar-refractivity contribution < 1.29 is 23.4 Å². The second-order valence-corrected chi connectivity index (χ2v) is 3.43. The molecule has 0 atom stereocenters. The van der Waals surface area contributed by atoms with Gasteiger partial charge >= 0.3 is 11.5 Å². The Labute approximate surface area is 96.5 Å². The van der Waals surface area contributed by atoms with Gasteiger partial charge in [0.15, 0.2) is 0 Å². The molecule has 1 heterocycles. The lowest BCUT2D eigenvalue weighted by atomic mass is 10.3. The van der Waals surface area contributed by atoms with Crippen molar-refractivity contribution in [2.45, 2.75) is 5.38 Å². The van der Waals surface area contributed by atoms with Crippen molar-refractivity contribution in [3.63, 3.8) is 0 Å². The molecular formula is C7H3Cl2F2NO4. The molecule has 1 rings (SSSR count). The number of pyridine rings is 1. The second kappa shape index (κ2) is 4.26. The van der Waals surface area contributed by atoms with Crippen LogP contribution >= 0.6 is 23.2 Å². The van der Waals surface area contributed by atoms with Crippen molar-refractivity contribution in [3.05, 3.63) is 27.1 Å². The molecule has 0 saturated carbocycles. The maximum atomic E-state index is 12.6. The van der Waals surface area contributed by atoms with Crippen molar-refractivity contribution in [1.29, 1.82) is 0 Å². The molecule has 5 nitrogen and oxygen atoms in total. The first kappa shape index (κ1) is 12.7. The molecule has 0 fully saturated rings. The highest BCUT2D eigenvalue weighted by molar-refractivity contribution is 6.32. The fourth-order valence-corrected chi connectivity index (χ4v) is 1.33. The van der Waals surface area contributed by atoms with Gasteiger partial charge in [-0.2, -0.15) is 8.78 Å². The summed E-state index contributed by atoms with van der Waals surface area (Å²) >= 11 is 10.0. The summed E-state index contributed by atoms with van der Waals surface area (Å²) in [6.45, 7) is 0. The van der Waals surface area contributed by atoms with Crippen molar-refractivity contribution in [2.75, 3.05) is 0 Å². The molecule has 0 radical (unpaired) electrons. The van der Waals surface area contributed by atoms with E-state index in [1.807, 2.05) is 0 Å². The van der Waals surface area contributed by atoms with Crippen LogP contribution < -0.4 is 10.3 Å². The van der Waals surface area contributed by atoms with Crippen LogP contribution in [0.15, 0.2) is 10.9 Å². The third-order valence-electron chi connectivity index (χ3n) is 1.44. The number of aromatic amines is 1. The highest BCUT2D eigenvalue weighted by Gasteiger charge is 2.32. The van der Waals surface area contributed by atoms with Crippen LogP contribution in [0.4, 0.5) is 13.6 Å². The summed E-state index contributed by atoms with van der Waals surface area (Å²) in [4.78, 5) is 22.8. The summed E-state index contributed by atoms with van der Waals surface area (Å²) in [6.07, 6.45) is -1.77. The minimum absolute atomic E-state index is 0.615. The second-order valence-electron chi connectivity index (χ2n) is 2.55. The van der Waals surface area contributed by atoms with Crippen molar-refractivity contribution in [1.82, 2.24) is 4.98 Å². The number of carboxylic acid groups (broad SMARTS) is 1. The molecule has 16 heavy (non-hydrogen) atoms. The number of halogens is 4. The van der Waals surface area contributed by atoms with Crippen molar-refractivity contribution in [2.24, 2.45) is 0 Å². The lowest BCUT2D eigenvalue weighted by Crippen LogP contribution is -2.19. The predicted molar refractivity (Wildman–Crippen MR) is 50.5 cm³/mol. The third-order valence-corrected chi connectivity index (χ3v) is 1.93. The number of hydrogen-bond donors (Lipinski definition) is 2. The SMILES string of the molecule is O=C(O)Oc1cc(Cl)c(C(F)(F)Cl)[nH]c1=O. The van der Waals surface area contributed by atoms with Gasteiger partial charge in [-0.15, -0.1) is 0 Å². The summed E-state index contributed by atoms with van der Waals surface area (Å²) in [5, 5.41) is 3.74. The van der Waals surface area contributed by atoms with E-state index in [-0.39, 0.29) is 0 Å². The van der Waals surface area contributed by atoms with Crippen molar-refractivity contribution in [3.8, 4) is 5.75 Å². The van der Waals surface area contributed by atoms with Gasteiger partial charge in [-0.3, -0.25) is 4.79 Å². The van der Waals surface area contributed by atoms with Gasteiger partial charge in [-0.1, -0.05) is 11.6 Å². The van der Waals surface area contributed by atoms with E-state index in [9.17, 15) is 18.4 Å². The number of alkyl halides is 3. The molecule has 0 aromatic carbocycles. The first-order valence-electron chi connectivity index (χ1n) is 3.62. The molecule has 2 N–H and O–H groups in total. The summed E-state index contributed by atoms with van der Waals surface area (Å²) in [6, 6.07) is 0.639. The highest BCUT2D eigenvalue weighted by Crippen LogP contribution is 2.35. The number of rotatable bonds is 2. The highest BCUT2D eigenvalue weighted by atomic mass is 35.5. The summed E-state index contributed by atoms with van der Waals surface area (Å²) < 4.78 is 29.3. The van der Waals surface area contributed by atoms with Gasteiger partial charge in [0.1, 0.15) is 5.69 Å². The fourth-order valence-electron chi connectivity index (χ4n) is 0.864. The average molecular weight is 274 g/mol. The van der Waals surface area contributed by atoms with E-state index < -0.39 is 33.6 Å².